The first-order chi connectivity index (χ1) is 7.27. The summed E-state index contributed by atoms with van der Waals surface area (Å²) in [5.74, 6) is 0.833. The van der Waals surface area contributed by atoms with Gasteiger partial charge in [0.2, 0.25) is 0 Å². The SMILES string of the molecule is CC(C)C.NCc1ccc(C(F)(F)F)cc1. The van der Waals surface area contributed by atoms with Gasteiger partial charge >= 0.3 is 6.18 Å². The molecule has 1 aromatic carbocycles. The van der Waals surface area contributed by atoms with Crippen LogP contribution in [0.3, 0.4) is 0 Å². The Morgan fingerprint density at radius 2 is 1.44 bits per heavy atom. The number of benzene rings is 1. The van der Waals surface area contributed by atoms with E-state index in [0.717, 1.165) is 18.1 Å². The molecule has 0 aliphatic carbocycles. The summed E-state index contributed by atoms with van der Waals surface area (Å²) >= 11 is 0. The average molecular weight is 233 g/mol. The molecular formula is C12H18F3N. The average Bonchev–Trinajstić information content (AvgIpc) is 2.16. The zero-order chi connectivity index (χ0) is 12.8. The van der Waals surface area contributed by atoms with Gasteiger partial charge in [0.1, 0.15) is 0 Å². The van der Waals surface area contributed by atoms with E-state index in [4.69, 9.17) is 5.73 Å². The molecule has 2 N–H and O–H groups in total. The summed E-state index contributed by atoms with van der Waals surface area (Å²) in [6, 6.07) is 4.82. The highest BCUT2D eigenvalue weighted by atomic mass is 19.4. The maximum Gasteiger partial charge on any atom is 0.416 e. The second kappa shape index (κ2) is 6.53. The Bertz CT molecular complexity index is 285. The third-order valence-electron chi connectivity index (χ3n) is 1.52. The fourth-order valence-electron chi connectivity index (χ4n) is 0.830. The second-order valence-electron chi connectivity index (χ2n) is 4.13. The summed E-state index contributed by atoms with van der Waals surface area (Å²) in [5, 5.41) is 0. The monoisotopic (exact) mass is 233 g/mol. The lowest BCUT2D eigenvalue weighted by atomic mass is 10.1. The van der Waals surface area contributed by atoms with E-state index in [-0.39, 0.29) is 6.54 Å². The van der Waals surface area contributed by atoms with Gasteiger partial charge in [-0.15, -0.1) is 0 Å². The van der Waals surface area contributed by atoms with Gasteiger partial charge in [-0.2, -0.15) is 13.2 Å². The zero-order valence-electron chi connectivity index (χ0n) is 9.81. The van der Waals surface area contributed by atoms with Crippen molar-refractivity contribution in [3.8, 4) is 0 Å². The highest BCUT2D eigenvalue weighted by molar-refractivity contribution is 5.24. The fraction of sp³-hybridized carbons (Fsp3) is 0.500. The lowest BCUT2D eigenvalue weighted by Crippen LogP contribution is -2.05. The van der Waals surface area contributed by atoms with Crippen LogP contribution in [0.1, 0.15) is 31.9 Å². The zero-order valence-corrected chi connectivity index (χ0v) is 9.81. The van der Waals surface area contributed by atoms with E-state index in [1.807, 2.05) is 0 Å². The number of hydrogen-bond acceptors (Lipinski definition) is 1. The molecule has 1 nitrogen and oxygen atoms in total. The quantitative estimate of drug-likeness (QED) is 0.783. The number of rotatable bonds is 1. The molecule has 16 heavy (non-hydrogen) atoms. The Kier molecular flexibility index (Phi) is 6.11. The molecule has 0 aliphatic heterocycles. The molecule has 0 aromatic heterocycles. The molecule has 0 atom stereocenters. The number of nitrogens with two attached hydrogens (primary N) is 1. The summed E-state index contributed by atoms with van der Waals surface area (Å²) in [4.78, 5) is 0. The molecule has 0 heterocycles. The van der Waals surface area contributed by atoms with Crippen LogP contribution in [0.2, 0.25) is 0 Å². The topological polar surface area (TPSA) is 26.0 Å². The van der Waals surface area contributed by atoms with E-state index >= 15 is 0 Å². The minimum atomic E-state index is -4.26. The van der Waals surface area contributed by atoms with Gasteiger partial charge in [0.25, 0.3) is 0 Å². The van der Waals surface area contributed by atoms with Crippen molar-refractivity contribution in [2.75, 3.05) is 0 Å². The molecule has 1 aromatic rings. The Labute approximate surface area is 94.5 Å². The van der Waals surface area contributed by atoms with Gasteiger partial charge in [-0.25, -0.2) is 0 Å². The van der Waals surface area contributed by atoms with Crippen molar-refractivity contribution in [2.45, 2.75) is 33.5 Å². The van der Waals surface area contributed by atoms with Crippen molar-refractivity contribution in [2.24, 2.45) is 11.7 Å². The van der Waals surface area contributed by atoms with Gasteiger partial charge in [0.15, 0.2) is 0 Å². The molecule has 0 saturated carbocycles. The van der Waals surface area contributed by atoms with Gasteiger partial charge in [-0.05, 0) is 23.6 Å². The lowest BCUT2D eigenvalue weighted by molar-refractivity contribution is -0.137. The van der Waals surface area contributed by atoms with Crippen LogP contribution in [0, 0.1) is 5.92 Å². The fourth-order valence-corrected chi connectivity index (χ4v) is 0.830. The van der Waals surface area contributed by atoms with Gasteiger partial charge in [0.05, 0.1) is 5.56 Å². The summed E-state index contributed by atoms with van der Waals surface area (Å²) in [6.07, 6.45) is -4.26. The van der Waals surface area contributed by atoms with Crippen molar-refractivity contribution < 1.29 is 13.2 Å². The summed E-state index contributed by atoms with van der Waals surface area (Å²) in [7, 11) is 0. The van der Waals surface area contributed by atoms with E-state index in [1.54, 1.807) is 0 Å². The van der Waals surface area contributed by atoms with Gasteiger partial charge in [0, 0.05) is 6.54 Å². The largest absolute Gasteiger partial charge is 0.416 e. The standard InChI is InChI=1S/C8H8F3N.C4H10/c9-8(10,11)7-3-1-6(5-12)2-4-7;1-4(2)3/h1-4H,5,12H2;4H,1-3H3. The van der Waals surface area contributed by atoms with E-state index in [1.165, 1.54) is 12.1 Å². The Balaban J connectivity index is 0.000000487. The van der Waals surface area contributed by atoms with Crippen LogP contribution in [0.4, 0.5) is 13.2 Å². The highest BCUT2D eigenvalue weighted by Gasteiger charge is 2.29. The van der Waals surface area contributed by atoms with Crippen LogP contribution in [-0.2, 0) is 12.7 Å². The molecule has 92 valence electrons. The molecule has 0 saturated heterocycles. The minimum absolute atomic E-state index is 0.262. The first kappa shape index (κ1) is 15.0. The van der Waals surface area contributed by atoms with Crippen LogP contribution < -0.4 is 5.73 Å². The number of halogens is 3. The van der Waals surface area contributed by atoms with Gasteiger partial charge in [-0.1, -0.05) is 32.9 Å². The number of alkyl halides is 3. The predicted molar refractivity (Wildman–Crippen MR) is 59.8 cm³/mol. The molecule has 4 heteroatoms. The van der Waals surface area contributed by atoms with Crippen LogP contribution in [0.5, 0.6) is 0 Å². The molecule has 0 amide bonds. The van der Waals surface area contributed by atoms with Gasteiger partial charge < -0.3 is 5.73 Å². The van der Waals surface area contributed by atoms with Crippen LogP contribution in [0.15, 0.2) is 24.3 Å². The third-order valence-corrected chi connectivity index (χ3v) is 1.52. The highest BCUT2D eigenvalue weighted by Crippen LogP contribution is 2.28. The van der Waals surface area contributed by atoms with Crippen LogP contribution in [0.25, 0.3) is 0 Å². The van der Waals surface area contributed by atoms with Gasteiger partial charge in [-0.3, -0.25) is 0 Å². The lowest BCUT2D eigenvalue weighted by Gasteiger charge is -2.06. The molecule has 0 fully saturated rings. The Morgan fingerprint density at radius 3 is 1.69 bits per heavy atom. The first-order valence-corrected chi connectivity index (χ1v) is 5.13. The van der Waals surface area contributed by atoms with Crippen molar-refractivity contribution >= 4 is 0 Å². The maximum absolute atomic E-state index is 12.0. The van der Waals surface area contributed by atoms with Crippen molar-refractivity contribution in [1.82, 2.24) is 0 Å². The molecule has 0 aliphatic rings. The second-order valence-corrected chi connectivity index (χ2v) is 4.13. The van der Waals surface area contributed by atoms with Crippen LogP contribution in [-0.4, -0.2) is 0 Å². The number of hydrogen-bond donors (Lipinski definition) is 1. The molecular weight excluding hydrogens is 215 g/mol. The molecule has 1 rings (SSSR count). The van der Waals surface area contributed by atoms with Crippen molar-refractivity contribution in [3.63, 3.8) is 0 Å². The minimum Gasteiger partial charge on any atom is -0.326 e. The first-order valence-electron chi connectivity index (χ1n) is 5.13. The van der Waals surface area contributed by atoms with Crippen LogP contribution >= 0.6 is 0 Å². The molecule has 0 unspecified atom stereocenters. The predicted octanol–water partition coefficient (Wildman–Crippen LogP) is 3.83. The maximum atomic E-state index is 12.0. The van der Waals surface area contributed by atoms with E-state index in [2.05, 4.69) is 20.8 Å². The molecule has 0 bridgehead atoms. The summed E-state index contributed by atoms with van der Waals surface area (Å²) < 4.78 is 36.0. The molecule has 0 spiro atoms. The summed E-state index contributed by atoms with van der Waals surface area (Å²) in [6.45, 7) is 6.76. The van der Waals surface area contributed by atoms with E-state index in [0.29, 0.717) is 5.56 Å². The van der Waals surface area contributed by atoms with E-state index < -0.39 is 11.7 Å². The Hall–Kier alpha value is -1.03. The molecule has 0 radical (unpaired) electrons. The Morgan fingerprint density at radius 1 is 1.06 bits per heavy atom. The smallest absolute Gasteiger partial charge is 0.326 e. The normalized spacial score (nSPS) is 11.0. The van der Waals surface area contributed by atoms with Crippen molar-refractivity contribution in [1.29, 1.82) is 0 Å². The summed E-state index contributed by atoms with van der Waals surface area (Å²) in [5.41, 5.74) is 5.29. The third kappa shape index (κ3) is 6.45. The van der Waals surface area contributed by atoms with Crippen molar-refractivity contribution in [3.05, 3.63) is 35.4 Å². The van der Waals surface area contributed by atoms with E-state index in [9.17, 15) is 13.2 Å².